The zero-order valence-corrected chi connectivity index (χ0v) is 14.4. The predicted octanol–water partition coefficient (Wildman–Crippen LogP) is 3.92. The molecule has 0 bridgehead atoms. The number of nitrogens with one attached hydrogen (secondary N) is 1. The Labute approximate surface area is 144 Å². The number of carbonyl (C=O) groups excluding carboxylic acids is 1. The van der Waals surface area contributed by atoms with Gasteiger partial charge in [-0.15, -0.1) is 0 Å². The molecular weight excluding hydrogens is 334 g/mol. The lowest BCUT2D eigenvalue weighted by molar-refractivity contribution is 0.168. The maximum Gasteiger partial charge on any atom is 0.413 e. The van der Waals surface area contributed by atoms with E-state index in [0.29, 0.717) is 11.7 Å². The number of rotatable bonds is 4. The third kappa shape index (κ3) is 4.02. The van der Waals surface area contributed by atoms with Gasteiger partial charge in [-0.05, 0) is 18.6 Å². The zero-order chi connectivity index (χ0) is 16.2. The van der Waals surface area contributed by atoms with Gasteiger partial charge in [-0.3, -0.25) is 10.2 Å². The van der Waals surface area contributed by atoms with E-state index in [-0.39, 0.29) is 0 Å². The van der Waals surface area contributed by atoms with Crippen molar-refractivity contribution in [1.29, 1.82) is 0 Å². The Hall–Kier alpha value is -1.63. The molecule has 1 amide bonds. The fourth-order valence-electron chi connectivity index (χ4n) is 2.56. The van der Waals surface area contributed by atoms with Crippen LogP contribution in [0.1, 0.15) is 23.1 Å². The molecule has 0 fully saturated rings. The van der Waals surface area contributed by atoms with Crippen molar-refractivity contribution >= 4 is 34.2 Å². The number of fused-ring (bicyclic) bond motifs is 1. The normalized spacial score (nSPS) is 14.3. The second-order valence-electron chi connectivity index (χ2n) is 5.29. The standard InChI is InChI=1S/C16H18ClN3O2S/c1-2-22-16(21)19-15-18-13-7-8-20(10-14(13)23-15)9-11-5-3-4-6-12(11)17/h3-6H,2,7-10H2,1H3,(H,18,19,21). The number of halogens is 1. The molecule has 5 nitrogen and oxygen atoms in total. The number of nitrogens with zero attached hydrogens (tertiary/aromatic N) is 2. The van der Waals surface area contributed by atoms with Crippen LogP contribution in [-0.4, -0.2) is 29.1 Å². The Morgan fingerprint density at radius 2 is 2.30 bits per heavy atom. The van der Waals surface area contributed by atoms with E-state index in [1.807, 2.05) is 18.2 Å². The fourth-order valence-corrected chi connectivity index (χ4v) is 3.79. The first-order valence-corrected chi connectivity index (χ1v) is 8.73. The molecule has 2 heterocycles. The Morgan fingerprint density at radius 3 is 3.09 bits per heavy atom. The number of ether oxygens (including phenoxy) is 1. The van der Waals surface area contributed by atoms with E-state index < -0.39 is 6.09 Å². The molecule has 23 heavy (non-hydrogen) atoms. The summed E-state index contributed by atoms with van der Waals surface area (Å²) < 4.78 is 4.88. The number of aromatic nitrogens is 1. The molecule has 1 N–H and O–H groups in total. The molecule has 122 valence electrons. The average Bonchev–Trinajstić information content (AvgIpc) is 2.91. The lowest BCUT2D eigenvalue weighted by atomic mass is 10.1. The molecule has 0 unspecified atom stereocenters. The van der Waals surface area contributed by atoms with E-state index in [9.17, 15) is 4.79 Å². The van der Waals surface area contributed by atoms with Gasteiger partial charge in [0.1, 0.15) is 0 Å². The fraction of sp³-hybridized carbons (Fsp3) is 0.375. The van der Waals surface area contributed by atoms with Crippen molar-refractivity contribution in [2.75, 3.05) is 18.5 Å². The second-order valence-corrected chi connectivity index (χ2v) is 6.78. The summed E-state index contributed by atoms with van der Waals surface area (Å²) in [5, 5.41) is 4.08. The molecule has 0 saturated heterocycles. The van der Waals surface area contributed by atoms with E-state index in [1.165, 1.54) is 16.2 Å². The first-order chi connectivity index (χ1) is 11.2. The van der Waals surface area contributed by atoms with Crippen molar-refractivity contribution in [3.63, 3.8) is 0 Å². The Balaban J connectivity index is 1.65. The van der Waals surface area contributed by atoms with E-state index in [2.05, 4.69) is 21.3 Å². The molecule has 3 rings (SSSR count). The lowest BCUT2D eigenvalue weighted by Crippen LogP contribution is -2.29. The summed E-state index contributed by atoms with van der Waals surface area (Å²) in [5.41, 5.74) is 2.20. The number of benzene rings is 1. The highest BCUT2D eigenvalue weighted by molar-refractivity contribution is 7.15. The number of hydrogen-bond donors (Lipinski definition) is 1. The molecule has 1 aromatic carbocycles. The Kier molecular flexibility index (Phi) is 5.15. The van der Waals surface area contributed by atoms with Gasteiger partial charge in [-0.2, -0.15) is 0 Å². The van der Waals surface area contributed by atoms with Crippen LogP contribution in [0, 0.1) is 0 Å². The van der Waals surface area contributed by atoms with Crippen LogP contribution in [0.5, 0.6) is 0 Å². The first kappa shape index (κ1) is 16.2. The van der Waals surface area contributed by atoms with Crippen LogP contribution >= 0.6 is 22.9 Å². The topological polar surface area (TPSA) is 54.5 Å². The smallest absolute Gasteiger partial charge is 0.413 e. The molecule has 0 radical (unpaired) electrons. The number of hydrogen-bond acceptors (Lipinski definition) is 5. The number of carbonyl (C=O) groups is 1. The predicted molar refractivity (Wildman–Crippen MR) is 92.0 cm³/mol. The van der Waals surface area contributed by atoms with Crippen LogP contribution in [0.2, 0.25) is 5.02 Å². The van der Waals surface area contributed by atoms with Crippen LogP contribution in [0.4, 0.5) is 9.93 Å². The van der Waals surface area contributed by atoms with Crippen molar-refractivity contribution in [3.8, 4) is 0 Å². The molecule has 7 heteroatoms. The van der Waals surface area contributed by atoms with Gasteiger partial charge in [0.15, 0.2) is 5.13 Å². The van der Waals surface area contributed by atoms with Crippen LogP contribution in [0.25, 0.3) is 0 Å². The maximum absolute atomic E-state index is 11.5. The van der Waals surface area contributed by atoms with Gasteiger partial charge < -0.3 is 4.74 Å². The van der Waals surface area contributed by atoms with Crippen LogP contribution in [-0.2, 0) is 24.2 Å². The molecule has 1 aromatic heterocycles. The maximum atomic E-state index is 11.5. The molecule has 1 aliphatic rings. The Bertz CT molecular complexity index is 704. The monoisotopic (exact) mass is 351 g/mol. The third-order valence-electron chi connectivity index (χ3n) is 3.65. The third-order valence-corrected chi connectivity index (χ3v) is 5.01. The minimum absolute atomic E-state index is 0.350. The second kappa shape index (κ2) is 7.29. The van der Waals surface area contributed by atoms with Gasteiger partial charge in [0.05, 0.1) is 12.3 Å². The summed E-state index contributed by atoms with van der Waals surface area (Å²) >= 11 is 7.75. The minimum Gasteiger partial charge on any atom is -0.450 e. The Morgan fingerprint density at radius 1 is 1.48 bits per heavy atom. The molecule has 0 spiro atoms. The van der Waals surface area contributed by atoms with Crippen molar-refractivity contribution in [2.45, 2.75) is 26.4 Å². The molecule has 2 aromatic rings. The van der Waals surface area contributed by atoms with Crippen molar-refractivity contribution in [2.24, 2.45) is 0 Å². The lowest BCUT2D eigenvalue weighted by Gasteiger charge is -2.26. The molecule has 1 aliphatic heterocycles. The van der Waals surface area contributed by atoms with Gasteiger partial charge in [0, 0.05) is 36.0 Å². The summed E-state index contributed by atoms with van der Waals surface area (Å²) in [6, 6.07) is 7.92. The van der Waals surface area contributed by atoms with Crippen molar-refractivity contribution < 1.29 is 9.53 Å². The number of thiazole rings is 1. The zero-order valence-electron chi connectivity index (χ0n) is 12.8. The quantitative estimate of drug-likeness (QED) is 0.907. The van der Waals surface area contributed by atoms with Gasteiger partial charge in [0.2, 0.25) is 0 Å². The van der Waals surface area contributed by atoms with Crippen molar-refractivity contribution in [1.82, 2.24) is 9.88 Å². The average molecular weight is 352 g/mol. The summed E-state index contributed by atoms with van der Waals surface area (Å²) in [6.45, 7) is 4.70. The summed E-state index contributed by atoms with van der Waals surface area (Å²) in [4.78, 5) is 19.5. The van der Waals surface area contributed by atoms with Gasteiger partial charge in [0.25, 0.3) is 0 Å². The summed E-state index contributed by atoms with van der Waals surface area (Å²) in [6.07, 6.45) is 0.423. The van der Waals surface area contributed by atoms with E-state index in [1.54, 1.807) is 6.92 Å². The first-order valence-electron chi connectivity index (χ1n) is 7.54. The van der Waals surface area contributed by atoms with Crippen LogP contribution < -0.4 is 5.32 Å². The SMILES string of the molecule is CCOC(=O)Nc1nc2c(s1)CN(Cc1ccccc1Cl)CC2. The highest BCUT2D eigenvalue weighted by atomic mass is 35.5. The molecule has 0 aliphatic carbocycles. The summed E-state index contributed by atoms with van der Waals surface area (Å²) in [7, 11) is 0. The van der Waals surface area contributed by atoms with Crippen LogP contribution in [0.15, 0.2) is 24.3 Å². The highest BCUT2D eigenvalue weighted by Crippen LogP contribution is 2.29. The number of anilines is 1. The van der Waals surface area contributed by atoms with E-state index in [0.717, 1.165) is 42.3 Å². The largest absolute Gasteiger partial charge is 0.450 e. The molecular formula is C16H18ClN3O2S. The van der Waals surface area contributed by atoms with Gasteiger partial charge in [-0.25, -0.2) is 9.78 Å². The highest BCUT2D eigenvalue weighted by Gasteiger charge is 2.22. The van der Waals surface area contributed by atoms with Crippen LogP contribution in [0.3, 0.4) is 0 Å². The summed E-state index contributed by atoms with van der Waals surface area (Å²) in [5.74, 6) is 0. The van der Waals surface area contributed by atoms with Crippen molar-refractivity contribution in [3.05, 3.63) is 45.4 Å². The molecule has 0 atom stereocenters. The molecule has 0 saturated carbocycles. The number of amides is 1. The van der Waals surface area contributed by atoms with Gasteiger partial charge >= 0.3 is 6.09 Å². The van der Waals surface area contributed by atoms with E-state index in [4.69, 9.17) is 16.3 Å². The van der Waals surface area contributed by atoms with Gasteiger partial charge in [-0.1, -0.05) is 41.1 Å². The van der Waals surface area contributed by atoms with E-state index >= 15 is 0 Å². The minimum atomic E-state index is -0.452.